The van der Waals surface area contributed by atoms with Crippen molar-refractivity contribution in [1.82, 2.24) is 4.90 Å². The molecule has 1 atom stereocenters. The Morgan fingerprint density at radius 2 is 1.79 bits per heavy atom. The van der Waals surface area contributed by atoms with Gasteiger partial charge in [0.2, 0.25) is 0 Å². The van der Waals surface area contributed by atoms with E-state index in [2.05, 4.69) is 0 Å². The first kappa shape index (κ1) is 20.2. The Labute approximate surface area is 166 Å². The van der Waals surface area contributed by atoms with Crippen LogP contribution in [-0.4, -0.2) is 58.0 Å². The quantitative estimate of drug-likeness (QED) is 0.743. The van der Waals surface area contributed by atoms with Crippen LogP contribution < -0.4 is 9.64 Å². The summed E-state index contributed by atoms with van der Waals surface area (Å²) in [4.78, 5) is 17.0. The van der Waals surface area contributed by atoms with Crippen LogP contribution in [0.4, 0.5) is 5.69 Å². The molecule has 2 aromatic rings. The molecule has 6 nitrogen and oxygen atoms in total. The Bertz CT molecular complexity index is 939. The zero-order chi connectivity index (χ0) is 20.3. The average molecular weight is 403 g/mol. The number of anilines is 1. The molecule has 1 unspecified atom stereocenters. The molecule has 1 aliphatic heterocycles. The zero-order valence-electron chi connectivity index (χ0n) is 16.5. The molecule has 1 aliphatic rings. The summed E-state index contributed by atoms with van der Waals surface area (Å²) in [7, 11) is 2.35. The monoisotopic (exact) mass is 402 g/mol. The van der Waals surface area contributed by atoms with E-state index in [0.29, 0.717) is 24.3 Å². The van der Waals surface area contributed by atoms with Crippen molar-refractivity contribution in [3.05, 3.63) is 59.7 Å². The minimum Gasteiger partial charge on any atom is -0.496 e. The number of rotatable bonds is 6. The van der Waals surface area contributed by atoms with Crippen LogP contribution in [0.3, 0.4) is 0 Å². The molecule has 150 valence electrons. The molecule has 1 heterocycles. The normalized spacial score (nSPS) is 17.9. The van der Waals surface area contributed by atoms with Crippen LogP contribution in [-0.2, 0) is 16.4 Å². The average Bonchev–Trinajstić information content (AvgIpc) is 3.05. The predicted octanol–water partition coefficient (Wildman–Crippen LogP) is 2.59. The molecular weight excluding hydrogens is 376 g/mol. The van der Waals surface area contributed by atoms with Crippen molar-refractivity contribution < 1.29 is 17.9 Å². The number of amides is 1. The standard InChI is InChI=1S/C21H26N2O4S/c1-22(2)17-10-8-16(9-11-17)14-23(18-12-13-28(25,26)15-18)21(24)19-6-4-5-7-20(19)27-3/h4-11,18H,12-15H2,1-3H3. The molecule has 0 spiro atoms. The van der Waals surface area contributed by atoms with E-state index in [4.69, 9.17) is 4.74 Å². The van der Waals surface area contributed by atoms with E-state index in [1.54, 1.807) is 29.2 Å². The first-order valence-corrected chi connectivity index (χ1v) is 11.0. The fraction of sp³-hybridized carbons (Fsp3) is 0.381. The molecule has 0 bridgehead atoms. The Kier molecular flexibility index (Phi) is 5.93. The second-order valence-electron chi connectivity index (χ2n) is 7.25. The third-order valence-corrected chi connectivity index (χ3v) is 6.80. The summed E-state index contributed by atoms with van der Waals surface area (Å²) in [5.41, 5.74) is 2.46. The molecule has 2 aromatic carbocycles. The highest BCUT2D eigenvalue weighted by atomic mass is 32.2. The van der Waals surface area contributed by atoms with Crippen molar-refractivity contribution in [1.29, 1.82) is 0 Å². The van der Waals surface area contributed by atoms with Gasteiger partial charge in [-0.1, -0.05) is 24.3 Å². The van der Waals surface area contributed by atoms with Crippen molar-refractivity contribution >= 4 is 21.4 Å². The topological polar surface area (TPSA) is 66.9 Å². The van der Waals surface area contributed by atoms with Crippen molar-refractivity contribution in [2.75, 3.05) is 37.6 Å². The summed E-state index contributed by atoms with van der Waals surface area (Å²) < 4.78 is 29.4. The molecule has 3 rings (SSSR count). The number of ether oxygens (including phenoxy) is 1. The Balaban J connectivity index is 1.92. The molecule has 28 heavy (non-hydrogen) atoms. The lowest BCUT2D eigenvalue weighted by Gasteiger charge is -2.29. The van der Waals surface area contributed by atoms with Crippen LogP contribution in [0.5, 0.6) is 5.75 Å². The SMILES string of the molecule is COc1ccccc1C(=O)N(Cc1ccc(N(C)C)cc1)C1CCS(=O)(=O)C1. The van der Waals surface area contributed by atoms with Crippen LogP contribution in [0.25, 0.3) is 0 Å². The minimum atomic E-state index is -3.11. The summed E-state index contributed by atoms with van der Waals surface area (Å²) in [6, 6.07) is 14.6. The van der Waals surface area contributed by atoms with Crippen LogP contribution in [0.2, 0.25) is 0 Å². The molecular formula is C21H26N2O4S. The molecule has 7 heteroatoms. The lowest BCUT2D eigenvalue weighted by atomic mass is 10.1. The third-order valence-electron chi connectivity index (χ3n) is 5.05. The van der Waals surface area contributed by atoms with Gasteiger partial charge in [0.15, 0.2) is 9.84 Å². The maximum atomic E-state index is 13.3. The van der Waals surface area contributed by atoms with Crippen molar-refractivity contribution in [3.63, 3.8) is 0 Å². The largest absolute Gasteiger partial charge is 0.496 e. The number of sulfone groups is 1. The van der Waals surface area contributed by atoms with Gasteiger partial charge in [0.25, 0.3) is 5.91 Å². The minimum absolute atomic E-state index is 0.00364. The first-order valence-electron chi connectivity index (χ1n) is 9.21. The van der Waals surface area contributed by atoms with Crippen molar-refractivity contribution in [2.24, 2.45) is 0 Å². The highest BCUT2D eigenvalue weighted by Crippen LogP contribution is 2.26. The number of carbonyl (C=O) groups excluding carboxylic acids is 1. The zero-order valence-corrected chi connectivity index (χ0v) is 17.3. The number of carbonyl (C=O) groups is 1. The van der Waals surface area contributed by atoms with Gasteiger partial charge in [0, 0.05) is 32.4 Å². The van der Waals surface area contributed by atoms with Gasteiger partial charge < -0.3 is 14.5 Å². The molecule has 1 amide bonds. The molecule has 1 fully saturated rings. The summed E-state index contributed by atoms with van der Waals surface area (Å²) >= 11 is 0. The summed E-state index contributed by atoms with van der Waals surface area (Å²) in [6.45, 7) is 0.352. The fourth-order valence-corrected chi connectivity index (χ4v) is 5.19. The van der Waals surface area contributed by atoms with Gasteiger partial charge >= 0.3 is 0 Å². The Hall–Kier alpha value is -2.54. The van der Waals surface area contributed by atoms with E-state index in [0.717, 1.165) is 11.3 Å². The van der Waals surface area contributed by atoms with E-state index in [1.807, 2.05) is 43.3 Å². The molecule has 0 aliphatic carbocycles. The van der Waals surface area contributed by atoms with E-state index < -0.39 is 9.84 Å². The fourth-order valence-electron chi connectivity index (χ4n) is 3.46. The maximum absolute atomic E-state index is 13.3. The first-order chi connectivity index (χ1) is 13.3. The van der Waals surface area contributed by atoms with Gasteiger partial charge in [-0.05, 0) is 36.2 Å². The lowest BCUT2D eigenvalue weighted by Crippen LogP contribution is -2.40. The highest BCUT2D eigenvalue weighted by molar-refractivity contribution is 7.91. The second kappa shape index (κ2) is 8.22. The summed E-state index contributed by atoms with van der Waals surface area (Å²) in [6.07, 6.45) is 0.457. The van der Waals surface area contributed by atoms with Gasteiger partial charge in [0.1, 0.15) is 5.75 Å². The number of methoxy groups -OCH3 is 1. The van der Waals surface area contributed by atoms with Crippen molar-refractivity contribution in [2.45, 2.75) is 19.0 Å². The van der Waals surface area contributed by atoms with Gasteiger partial charge in [0.05, 0.1) is 24.2 Å². The number of para-hydroxylation sites is 1. The van der Waals surface area contributed by atoms with E-state index in [9.17, 15) is 13.2 Å². The Morgan fingerprint density at radius 3 is 2.36 bits per heavy atom. The van der Waals surface area contributed by atoms with Gasteiger partial charge in [-0.15, -0.1) is 0 Å². The molecule has 0 radical (unpaired) electrons. The van der Waals surface area contributed by atoms with Gasteiger partial charge in [-0.25, -0.2) is 8.42 Å². The van der Waals surface area contributed by atoms with E-state index >= 15 is 0 Å². The summed E-state index contributed by atoms with van der Waals surface area (Å²) in [5.74, 6) is 0.397. The number of hydrogen-bond acceptors (Lipinski definition) is 5. The maximum Gasteiger partial charge on any atom is 0.258 e. The number of hydrogen-bond donors (Lipinski definition) is 0. The van der Waals surface area contributed by atoms with Crippen molar-refractivity contribution in [3.8, 4) is 5.75 Å². The molecule has 0 N–H and O–H groups in total. The van der Waals surface area contributed by atoms with E-state index in [-0.39, 0.29) is 23.5 Å². The molecule has 1 saturated heterocycles. The predicted molar refractivity (Wildman–Crippen MR) is 111 cm³/mol. The molecule has 0 saturated carbocycles. The smallest absolute Gasteiger partial charge is 0.258 e. The Morgan fingerprint density at radius 1 is 1.11 bits per heavy atom. The second-order valence-corrected chi connectivity index (χ2v) is 9.48. The highest BCUT2D eigenvalue weighted by Gasteiger charge is 2.35. The summed E-state index contributed by atoms with van der Waals surface area (Å²) in [5, 5.41) is 0. The number of nitrogens with zero attached hydrogens (tertiary/aromatic N) is 2. The molecule has 0 aromatic heterocycles. The lowest BCUT2D eigenvalue weighted by molar-refractivity contribution is 0.0677. The van der Waals surface area contributed by atoms with Gasteiger partial charge in [-0.2, -0.15) is 0 Å². The third kappa shape index (κ3) is 4.47. The van der Waals surface area contributed by atoms with Crippen LogP contribution in [0.1, 0.15) is 22.3 Å². The van der Waals surface area contributed by atoms with E-state index in [1.165, 1.54) is 7.11 Å². The van der Waals surface area contributed by atoms with Crippen LogP contribution in [0, 0.1) is 0 Å². The number of benzene rings is 2. The van der Waals surface area contributed by atoms with Crippen LogP contribution >= 0.6 is 0 Å². The van der Waals surface area contributed by atoms with Crippen LogP contribution in [0.15, 0.2) is 48.5 Å². The van der Waals surface area contributed by atoms with Gasteiger partial charge in [-0.3, -0.25) is 4.79 Å².